The van der Waals surface area contributed by atoms with Gasteiger partial charge in [-0.1, -0.05) is 72.9 Å². The summed E-state index contributed by atoms with van der Waals surface area (Å²) in [4.78, 5) is 23.8. The zero-order chi connectivity index (χ0) is 21.3. The summed E-state index contributed by atoms with van der Waals surface area (Å²) >= 11 is 3.19. The molecule has 0 heterocycles. The Kier molecular flexibility index (Phi) is 11.4. The Hall–Kier alpha value is -0.920. The van der Waals surface area contributed by atoms with E-state index < -0.39 is 6.04 Å². The Morgan fingerprint density at radius 1 is 1.15 bits per heavy atom. The standard InChI is InChI=1S/C20H37N3O2S2/c1-10-12-26-15(3)27-23(11-2)13-16(19(4,5)6)21-18(25)22-17(14-24)20(7,8)9/h10,12,14,16-17H,3,11,13H2,1-2,4-9H3,(H2,21,22,25)/b12-10-. The van der Waals surface area contributed by atoms with Crippen LogP contribution in [0.25, 0.3) is 0 Å². The minimum absolute atomic E-state index is 0.0864. The van der Waals surface area contributed by atoms with Gasteiger partial charge in [0.05, 0.1) is 10.3 Å². The third kappa shape index (κ3) is 10.9. The summed E-state index contributed by atoms with van der Waals surface area (Å²) in [7, 11) is 0. The number of hydrogen-bond acceptors (Lipinski definition) is 5. The lowest BCUT2D eigenvalue weighted by molar-refractivity contribution is -0.111. The predicted octanol–water partition coefficient (Wildman–Crippen LogP) is 5.02. The number of carbonyl (C=O) groups excluding carboxylic acids is 2. The number of nitrogens with zero attached hydrogens (tertiary/aromatic N) is 1. The van der Waals surface area contributed by atoms with Crippen LogP contribution in [-0.4, -0.2) is 41.8 Å². The average Bonchev–Trinajstić information content (AvgIpc) is 2.54. The SMILES string of the molecule is C=C(S/C=C\C)SN(CC)CC(NC(=O)NC(C=O)C(C)(C)C)C(C)(C)C. The van der Waals surface area contributed by atoms with Gasteiger partial charge in [0, 0.05) is 19.1 Å². The highest BCUT2D eigenvalue weighted by Crippen LogP contribution is 2.32. The molecule has 0 bridgehead atoms. The number of carbonyl (C=O) groups is 2. The molecule has 5 nitrogen and oxygen atoms in total. The van der Waals surface area contributed by atoms with Crippen LogP contribution in [0.15, 0.2) is 22.3 Å². The van der Waals surface area contributed by atoms with Crippen LogP contribution < -0.4 is 10.6 Å². The molecular weight excluding hydrogens is 378 g/mol. The van der Waals surface area contributed by atoms with E-state index >= 15 is 0 Å². The fraction of sp³-hybridized carbons (Fsp3) is 0.700. The Balaban J connectivity index is 5.04. The monoisotopic (exact) mass is 415 g/mol. The lowest BCUT2D eigenvalue weighted by Crippen LogP contribution is -2.56. The van der Waals surface area contributed by atoms with E-state index in [2.05, 4.69) is 49.2 Å². The van der Waals surface area contributed by atoms with Crippen LogP contribution in [0.4, 0.5) is 4.79 Å². The van der Waals surface area contributed by atoms with Crippen molar-refractivity contribution < 1.29 is 9.59 Å². The molecule has 2 N–H and O–H groups in total. The number of allylic oxidation sites excluding steroid dienone is 1. The molecule has 27 heavy (non-hydrogen) atoms. The van der Waals surface area contributed by atoms with Crippen LogP contribution in [-0.2, 0) is 4.79 Å². The topological polar surface area (TPSA) is 61.4 Å². The summed E-state index contributed by atoms with van der Waals surface area (Å²) < 4.78 is 3.18. The maximum absolute atomic E-state index is 12.5. The van der Waals surface area contributed by atoms with Crippen molar-refractivity contribution in [3.8, 4) is 0 Å². The van der Waals surface area contributed by atoms with Gasteiger partial charge in [0.2, 0.25) is 0 Å². The van der Waals surface area contributed by atoms with Crippen LogP contribution in [0.2, 0.25) is 0 Å². The van der Waals surface area contributed by atoms with Gasteiger partial charge in [-0.15, -0.1) is 0 Å². The number of thioether (sulfide) groups is 1. The van der Waals surface area contributed by atoms with Crippen LogP contribution >= 0.6 is 23.7 Å². The Labute approximate surface area is 174 Å². The highest BCUT2D eigenvalue weighted by molar-refractivity contribution is 8.22. The molecule has 0 aromatic rings. The molecule has 0 saturated carbocycles. The van der Waals surface area contributed by atoms with Gasteiger partial charge in [-0.2, -0.15) is 0 Å². The molecular formula is C20H37N3O2S2. The van der Waals surface area contributed by atoms with Gasteiger partial charge in [-0.3, -0.25) is 0 Å². The maximum Gasteiger partial charge on any atom is 0.315 e. The first kappa shape index (κ1) is 26.1. The van der Waals surface area contributed by atoms with Crippen LogP contribution in [0.1, 0.15) is 55.4 Å². The first-order valence-corrected chi connectivity index (χ1v) is 10.9. The van der Waals surface area contributed by atoms with Crippen molar-refractivity contribution >= 4 is 36.0 Å². The van der Waals surface area contributed by atoms with E-state index in [1.807, 2.05) is 39.2 Å². The molecule has 0 rings (SSSR count). The van der Waals surface area contributed by atoms with Crippen molar-refractivity contribution in [2.24, 2.45) is 10.8 Å². The molecule has 0 aromatic carbocycles. The Morgan fingerprint density at radius 3 is 2.15 bits per heavy atom. The average molecular weight is 416 g/mol. The molecule has 0 aliphatic heterocycles. The number of rotatable bonds is 10. The summed E-state index contributed by atoms with van der Waals surface area (Å²) in [5, 5.41) is 7.86. The van der Waals surface area contributed by atoms with Crippen molar-refractivity contribution in [3.05, 3.63) is 22.3 Å². The molecule has 2 atom stereocenters. The summed E-state index contributed by atoms with van der Waals surface area (Å²) in [6.07, 6.45) is 2.78. The second kappa shape index (κ2) is 11.8. The van der Waals surface area contributed by atoms with Crippen LogP contribution in [0.5, 0.6) is 0 Å². The lowest BCUT2D eigenvalue weighted by atomic mass is 9.86. The second-order valence-corrected chi connectivity index (χ2v) is 11.0. The largest absolute Gasteiger partial charge is 0.334 e. The number of aldehydes is 1. The number of urea groups is 1. The molecule has 0 radical (unpaired) electrons. The van der Waals surface area contributed by atoms with Gasteiger partial charge in [0.15, 0.2) is 0 Å². The van der Waals surface area contributed by atoms with E-state index in [1.165, 1.54) is 0 Å². The molecule has 0 saturated heterocycles. The molecule has 0 aliphatic rings. The van der Waals surface area contributed by atoms with E-state index in [4.69, 9.17) is 0 Å². The van der Waals surface area contributed by atoms with Crippen LogP contribution in [0.3, 0.4) is 0 Å². The number of amides is 2. The van der Waals surface area contributed by atoms with Gasteiger partial charge < -0.3 is 15.4 Å². The first-order valence-electron chi connectivity index (χ1n) is 9.27. The summed E-state index contributed by atoms with van der Waals surface area (Å²) in [6, 6.07) is -0.936. The summed E-state index contributed by atoms with van der Waals surface area (Å²) in [5.74, 6) is 0. The number of hydrogen-bond donors (Lipinski definition) is 2. The Bertz CT molecular complexity index is 522. The third-order valence-corrected chi connectivity index (χ3v) is 6.06. The van der Waals surface area contributed by atoms with Gasteiger partial charge in [0.25, 0.3) is 0 Å². The quantitative estimate of drug-likeness (QED) is 0.387. The fourth-order valence-corrected chi connectivity index (χ4v) is 3.66. The second-order valence-electron chi connectivity index (χ2n) is 8.55. The molecule has 0 aliphatic carbocycles. The highest BCUT2D eigenvalue weighted by Gasteiger charge is 2.31. The zero-order valence-electron chi connectivity index (χ0n) is 18.1. The van der Waals surface area contributed by atoms with Crippen molar-refractivity contribution in [2.45, 2.75) is 67.5 Å². The lowest BCUT2D eigenvalue weighted by Gasteiger charge is -2.36. The van der Waals surface area contributed by atoms with Crippen molar-refractivity contribution in [1.29, 1.82) is 0 Å². The minimum Gasteiger partial charge on any atom is -0.334 e. The van der Waals surface area contributed by atoms with Crippen molar-refractivity contribution in [1.82, 2.24) is 14.9 Å². The minimum atomic E-state index is -0.535. The smallest absolute Gasteiger partial charge is 0.315 e. The van der Waals surface area contributed by atoms with E-state index in [0.29, 0.717) is 6.54 Å². The van der Waals surface area contributed by atoms with E-state index in [0.717, 1.165) is 17.1 Å². The Morgan fingerprint density at radius 2 is 1.74 bits per heavy atom. The van der Waals surface area contributed by atoms with E-state index in [-0.39, 0.29) is 22.9 Å². The molecule has 2 amide bonds. The van der Waals surface area contributed by atoms with Gasteiger partial charge in [0.1, 0.15) is 6.29 Å². The molecule has 0 aromatic heterocycles. The number of nitrogens with one attached hydrogen (secondary N) is 2. The first-order chi connectivity index (χ1) is 12.3. The van der Waals surface area contributed by atoms with Gasteiger partial charge in [-0.05, 0) is 35.1 Å². The van der Waals surface area contributed by atoms with E-state index in [1.54, 1.807) is 23.7 Å². The molecule has 7 heteroatoms. The zero-order valence-corrected chi connectivity index (χ0v) is 19.7. The van der Waals surface area contributed by atoms with Crippen molar-refractivity contribution in [3.63, 3.8) is 0 Å². The molecule has 156 valence electrons. The third-order valence-electron chi connectivity index (χ3n) is 4.01. The normalized spacial score (nSPS) is 14.9. The summed E-state index contributed by atoms with van der Waals surface area (Å²) in [6.45, 7) is 21.7. The van der Waals surface area contributed by atoms with Gasteiger partial charge >= 0.3 is 6.03 Å². The van der Waals surface area contributed by atoms with E-state index in [9.17, 15) is 9.59 Å². The predicted molar refractivity (Wildman–Crippen MR) is 121 cm³/mol. The highest BCUT2D eigenvalue weighted by atomic mass is 32.2. The maximum atomic E-state index is 12.5. The van der Waals surface area contributed by atoms with Crippen molar-refractivity contribution in [2.75, 3.05) is 13.1 Å². The fourth-order valence-electron chi connectivity index (χ4n) is 2.08. The molecule has 0 spiro atoms. The number of likely N-dealkylation sites (N-methyl/N-ethyl adjacent to an activating group) is 1. The molecule has 2 unspecified atom stereocenters. The van der Waals surface area contributed by atoms with Gasteiger partial charge in [-0.25, -0.2) is 9.10 Å². The molecule has 0 fully saturated rings. The van der Waals surface area contributed by atoms with Crippen LogP contribution in [0, 0.1) is 10.8 Å². The summed E-state index contributed by atoms with van der Waals surface area (Å²) in [5.41, 5.74) is -0.467.